The fourth-order valence-corrected chi connectivity index (χ4v) is 11.1. The molecule has 2 aliphatic rings. The third kappa shape index (κ3) is 5.10. The van der Waals surface area contributed by atoms with Crippen LogP contribution in [0.1, 0.15) is 22.3 Å². The highest BCUT2D eigenvalue weighted by Gasteiger charge is 2.51. The zero-order valence-electron chi connectivity index (χ0n) is 32.8. The molecule has 0 radical (unpaired) electrons. The first-order chi connectivity index (χ1) is 30.2. The Kier molecular flexibility index (Phi) is 7.39. The number of hydrogen-bond donors (Lipinski definition) is 0. The van der Waals surface area contributed by atoms with Gasteiger partial charge in [0, 0.05) is 32.3 Å². The van der Waals surface area contributed by atoms with Crippen LogP contribution in [0.4, 0.5) is 0 Å². The molecule has 0 amide bonds. The molecule has 9 aromatic carbocycles. The van der Waals surface area contributed by atoms with Crippen LogP contribution in [0.2, 0.25) is 0 Å². The van der Waals surface area contributed by atoms with Gasteiger partial charge in [-0.3, -0.25) is 0 Å². The minimum absolute atomic E-state index is 0.523. The molecule has 3 heterocycles. The van der Waals surface area contributed by atoms with Crippen LogP contribution in [-0.4, -0.2) is 9.97 Å². The third-order valence-electron chi connectivity index (χ3n) is 12.8. The van der Waals surface area contributed by atoms with E-state index in [1.165, 1.54) is 65.5 Å². The van der Waals surface area contributed by atoms with Crippen molar-refractivity contribution in [2.75, 3.05) is 0 Å². The zero-order chi connectivity index (χ0) is 40.1. The fourth-order valence-electron chi connectivity index (χ4n) is 9.95. The Morgan fingerprint density at radius 1 is 0.393 bits per heavy atom. The number of hydrogen-bond acceptors (Lipinski definition) is 4. The van der Waals surface area contributed by atoms with Gasteiger partial charge in [-0.25, -0.2) is 9.97 Å². The molecule has 1 spiro atoms. The smallest absolute Gasteiger partial charge is 0.160 e. The van der Waals surface area contributed by atoms with Crippen LogP contribution in [0, 0.1) is 0 Å². The van der Waals surface area contributed by atoms with Crippen molar-refractivity contribution >= 4 is 42.4 Å². The quantitative estimate of drug-likeness (QED) is 0.178. The maximum atomic E-state index is 6.61. The molecule has 3 nitrogen and oxygen atoms in total. The lowest BCUT2D eigenvalue weighted by atomic mass is 9.66. The highest BCUT2D eigenvalue weighted by Crippen LogP contribution is 2.62. The van der Waals surface area contributed by atoms with Crippen LogP contribution in [0.15, 0.2) is 206 Å². The van der Waals surface area contributed by atoms with Gasteiger partial charge in [0.25, 0.3) is 0 Å². The number of fused-ring (bicyclic) bond motifs is 13. The van der Waals surface area contributed by atoms with Gasteiger partial charge in [0.1, 0.15) is 11.5 Å². The number of rotatable bonds is 4. The number of benzene rings is 9. The molecule has 1 aliphatic carbocycles. The van der Waals surface area contributed by atoms with Gasteiger partial charge in [-0.1, -0.05) is 170 Å². The molecule has 4 heteroatoms. The molecule has 0 saturated heterocycles. The van der Waals surface area contributed by atoms with Gasteiger partial charge >= 0.3 is 0 Å². The third-order valence-corrected chi connectivity index (χ3v) is 13.9. The molecule has 11 aromatic rings. The lowest BCUT2D eigenvalue weighted by molar-refractivity contribution is 0.436. The normalized spacial score (nSPS) is 13.2. The van der Waals surface area contributed by atoms with Crippen molar-refractivity contribution in [2.45, 2.75) is 5.41 Å². The first kappa shape index (κ1) is 34.2. The van der Waals surface area contributed by atoms with Crippen molar-refractivity contribution in [1.29, 1.82) is 0 Å². The summed E-state index contributed by atoms with van der Waals surface area (Å²) >= 11 is 1.76. The Labute approximate surface area is 356 Å². The van der Waals surface area contributed by atoms with Gasteiger partial charge in [0.2, 0.25) is 0 Å². The largest absolute Gasteiger partial charge is 0.457 e. The predicted octanol–water partition coefficient (Wildman–Crippen LogP) is 15.1. The molecule has 13 rings (SSSR count). The second-order valence-electron chi connectivity index (χ2n) is 16.0. The Hall–Kier alpha value is -7.66. The molecule has 284 valence electrons. The SMILES string of the molecule is c1ccc(-c2ccc(-c3nc(-c4ccc(-c5ccc6c(c5)-c5cc7ccccc7cc5C65c6ccccc6Oc6ccccc65)cc4)c4sc5ccccc5c4n3)cc2)cc1. The summed E-state index contributed by atoms with van der Waals surface area (Å²) in [6.45, 7) is 0. The van der Waals surface area contributed by atoms with Gasteiger partial charge in [0.05, 0.1) is 21.3 Å². The topological polar surface area (TPSA) is 35.0 Å². The average molecular weight is 795 g/mol. The minimum atomic E-state index is -0.523. The highest BCUT2D eigenvalue weighted by molar-refractivity contribution is 7.26. The minimum Gasteiger partial charge on any atom is -0.457 e. The number of para-hydroxylation sites is 2. The first-order valence-electron chi connectivity index (χ1n) is 20.7. The lowest BCUT2D eigenvalue weighted by Gasteiger charge is -2.39. The summed E-state index contributed by atoms with van der Waals surface area (Å²) in [5.74, 6) is 2.53. The van der Waals surface area contributed by atoms with Crippen molar-refractivity contribution < 1.29 is 4.74 Å². The van der Waals surface area contributed by atoms with Crippen molar-refractivity contribution in [3.05, 3.63) is 229 Å². The van der Waals surface area contributed by atoms with E-state index in [9.17, 15) is 0 Å². The molecule has 0 N–H and O–H groups in total. The number of ether oxygens (including phenoxy) is 1. The summed E-state index contributed by atoms with van der Waals surface area (Å²) in [4.78, 5) is 10.5. The van der Waals surface area contributed by atoms with E-state index in [1.54, 1.807) is 11.3 Å². The molecule has 2 aromatic heterocycles. The number of aromatic nitrogens is 2. The van der Waals surface area contributed by atoms with E-state index in [2.05, 4.69) is 200 Å². The standard InChI is InChI=1S/C57H34N2OS/c1-2-12-35(13-3-1)36-24-28-39(29-25-36)56-58-53(55-54(59-56)43-16-6-11-21-52(43)61-55)38-26-22-37(23-27-38)42-30-31-46-44(33-42)45-32-40-14-4-5-15-41(40)34-49(45)57(46)47-17-7-9-19-50(47)60-51-20-10-8-18-48(51)57/h1-34H. The highest BCUT2D eigenvalue weighted by atomic mass is 32.1. The van der Waals surface area contributed by atoms with E-state index < -0.39 is 5.41 Å². The average Bonchev–Trinajstić information content (AvgIpc) is 3.84. The predicted molar refractivity (Wildman–Crippen MR) is 252 cm³/mol. The van der Waals surface area contributed by atoms with E-state index in [0.29, 0.717) is 0 Å². The van der Waals surface area contributed by atoms with Crippen LogP contribution in [0.25, 0.3) is 87.1 Å². The van der Waals surface area contributed by atoms with Gasteiger partial charge in [-0.2, -0.15) is 0 Å². The van der Waals surface area contributed by atoms with Gasteiger partial charge < -0.3 is 4.74 Å². The Morgan fingerprint density at radius 3 is 1.70 bits per heavy atom. The molecular formula is C57H34N2OS. The van der Waals surface area contributed by atoms with Crippen LogP contribution >= 0.6 is 11.3 Å². The monoisotopic (exact) mass is 794 g/mol. The first-order valence-corrected chi connectivity index (χ1v) is 21.5. The maximum Gasteiger partial charge on any atom is 0.160 e. The summed E-state index contributed by atoms with van der Waals surface area (Å²) in [6, 6.07) is 74.3. The van der Waals surface area contributed by atoms with Crippen molar-refractivity contribution in [2.24, 2.45) is 0 Å². The zero-order valence-corrected chi connectivity index (χ0v) is 33.7. The van der Waals surface area contributed by atoms with Crippen LogP contribution < -0.4 is 4.74 Å². The Balaban J connectivity index is 0.953. The van der Waals surface area contributed by atoms with Crippen LogP contribution in [0.5, 0.6) is 11.5 Å². The van der Waals surface area contributed by atoms with Gasteiger partial charge in [-0.05, 0) is 91.7 Å². The van der Waals surface area contributed by atoms with E-state index >= 15 is 0 Å². The Bertz CT molecular complexity index is 3510. The fraction of sp³-hybridized carbons (Fsp3) is 0.0175. The summed E-state index contributed by atoms with van der Waals surface area (Å²) in [5, 5.41) is 3.62. The molecule has 0 fully saturated rings. The summed E-state index contributed by atoms with van der Waals surface area (Å²) in [5.41, 5.74) is 15.6. The summed E-state index contributed by atoms with van der Waals surface area (Å²) < 4.78 is 8.92. The van der Waals surface area contributed by atoms with E-state index in [-0.39, 0.29) is 0 Å². The molecule has 1 aliphatic heterocycles. The lowest BCUT2D eigenvalue weighted by Crippen LogP contribution is -2.32. The van der Waals surface area contributed by atoms with Gasteiger partial charge in [-0.15, -0.1) is 11.3 Å². The number of nitrogens with zero attached hydrogens (tertiary/aromatic N) is 2. The van der Waals surface area contributed by atoms with Crippen molar-refractivity contribution in [3.63, 3.8) is 0 Å². The van der Waals surface area contributed by atoms with Gasteiger partial charge in [0.15, 0.2) is 5.82 Å². The van der Waals surface area contributed by atoms with E-state index in [4.69, 9.17) is 14.7 Å². The number of thiophene rings is 1. The van der Waals surface area contributed by atoms with Crippen molar-refractivity contribution in [3.8, 4) is 67.5 Å². The van der Waals surface area contributed by atoms with E-state index in [0.717, 1.165) is 55.3 Å². The summed E-state index contributed by atoms with van der Waals surface area (Å²) in [6.07, 6.45) is 0. The molecule has 0 saturated carbocycles. The second-order valence-corrected chi connectivity index (χ2v) is 17.1. The van der Waals surface area contributed by atoms with E-state index in [1.807, 2.05) is 6.07 Å². The van der Waals surface area contributed by atoms with Crippen LogP contribution in [-0.2, 0) is 5.41 Å². The molecule has 61 heavy (non-hydrogen) atoms. The summed E-state index contributed by atoms with van der Waals surface area (Å²) in [7, 11) is 0. The maximum absolute atomic E-state index is 6.61. The second kappa shape index (κ2) is 13.2. The molecule has 0 atom stereocenters. The van der Waals surface area contributed by atoms with Crippen LogP contribution in [0.3, 0.4) is 0 Å². The molecular weight excluding hydrogens is 761 g/mol. The molecule has 0 unspecified atom stereocenters. The van der Waals surface area contributed by atoms with Crippen molar-refractivity contribution in [1.82, 2.24) is 9.97 Å². The molecule has 0 bridgehead atoms. The Morgan fingerprint density at radius 2 is 0.951 bits per heavy atom.